The highest BCUT2D eigenvalue weighted by Crippen LogP contribution is 2.44. The Balaban J connectivity index is 1.92. The van der Waals surface area contributed by atoms with E-state index in [9.17, 15) is 19.5 Å². The number of rotatable bonds is 2. The van der Waals surface area contributed by atoms with Crippen molar-refractivity contribution in [1.29, 1.82) is 10.5 Å². The third-order valence-electron chi connectivity index (χ3n) is 3.93. The molecule has 1 aromatic carbocycles. The normalized spacial score (nSPS) is 18.2. The number of aromatic nitrogens is 2. The molecule has 1 amide bonds. The second-order valence-electron chi connectivity index (χ2n) is 5.52. The number of nitrogens with one attached hydrogen (secondary N) is 1. The summed E-state index contributed by atoms with van der Waals surface area (Å²) in [6.45, 7) is 0.256. The average Bonchev–Trinajstić information content (AvgIpc) is 3.09. The molecule has 0 bridgehead atoms. The van der Waals surface area contributed by atoms with Crippen molar-refractivity contribution in [2.24, 2.45) is 0 Å². The van der Waals surface area contributed by atoms with E-state index in [4.69, 9.17) is 0 Å². The Bertz CT molecular complexity index is 1160. The monoisotopic (exact) mass is 391 g/mol. The van der Waals surface area contributed by atoms with Crippen molar-refractivity contribution in [3.63, 3.8) is 0 Å². The summed E-state index contributed by atoms with van der Waals surface area (Å²) < 4.78 is 12.5. The Hall–Kier alpha value is -3.27. The lowest BCUT2D eigenvalue weighted by Gasteiger charge is -2.16. The Morgan fingerprint density at radius 2 is 1.74 bits per heavy atom. The van der Waals surface area contributed by atoms with Crippen LogP contribution in [0.4, 0.5) is 0 Å². The van der Waals surface area contributed by atoms with Crippen LogP contribution >= 0.6 is 11.8 Å². The summed E-state index contributed by atoms with van der Waals surface area (Å²) in [6.07, 6.45) is 0. The molecule has 0 radical (unpaired) electrons. The Labute approximate surface area is 160 Å². The Morgan fingerprint density at radius 3 is 2.41 bits per heavy atom. The highest BCUT2D eigenvalue weighted by atomic mass is 32.2. The fraction of sp³-hybridized carbons (Fsp3) is 0.0556. The molecule has 1 N–H and O–H groups in total. The molecule has 3 heterocycles. The number of carbonyl (C=O) groups is 1. The van der Waals surface area contributed by atoms with E-state index in [0.29, 0.717) is 31.7 Å². The molecule has 4 rings (SSSR count). The molecule has 0 fully saturated rings. The zero-order valence-electron chi connectivity index (χ0n) is 13.6. The van der Waals surface area contributed by atoms with Gasteiger partial charge in [-0.25, -0.2) is 14.2 Å². The second kappa shape index (κ2) is 6.80. The predicted octanol–water partition coefficient (Wildman–Crippen LogP) is 2.02. The minimum atomic E-state index is -1.48. The minimum absolute atomic E-state index is 0.0823. The topological polar surface area (TPSA) is 120 Å². The molecule has 1 aromatic heterocycles. The van der Waals surface area contributed by atoms with Crippen LogP contribution in [0, 0.1) is 22.7 Å². The molecule has 0 aliphatic carbocycles. The molecule has 7 nitrogen and oxygen atoms in total. The summed E-state index contributed by atoms with van der Waals surface area (Å²) >= 11 is 1.15. The van der Waals surface area contributed by atoms with Crippen LogP contribution in [0.2, 0.25) is 0 Å². The van der Waals surface area contributed by atoms with E-state index in [2.05, 4.69) is 15.3 Å². The molecule has 1 atom stereocenters. The van der Waals surface area contributed by atoms with Gasteiger partial charge in [-0.15, -0.1) is 0 Å². The zero-order chi connectivity index (χ0) is 19.0. The molecule has 2 aliphatic heterocycles. The van der Waals surface area contributed by atoms with Gasteiger partial charge >= 0.3 is 0 Å². The van der Waals surface area contributed by atoms with E-state index in [1.165, 1.54) is 5.41 Å². The first-order valence-electron chi connectivity index (χ1n) is 7.72. The predicted molar refractivity (Wildman–Crippen MR) is 101 cm³/mol. The van der Waals surface area contributed by atoms with Gasteiger partial charge in [-0.05, 0) is 0 Å². The number of nitrogens with zero attached hydrogens (tertiary/aromatic N) is 4. The second-order valence-corrected chi connectivity index (χ2v) is 7.90. The van der Waals surface area contributed by atoms with Crippen molar-refractivity contribution in [3.8, 4) is 23.4 Å². The van der Waals surface area contributed by atoms with Crippen LogP contribution in [-0.4, -0.2) is 26.6 Å². The molecule has 130 valence electrons. The van der Waals surface area contributed by atoms with Crippen LogP contribution in [0.5, 0.6) is 0 Å². The van der Waals surface area contributed by atoms with E-state index in [-0.39, 0.29) is 23.8 Å². The highest BCUT2D eigenvalue weighted by Gasteiger charge is 2.33. The maximum absolute atomic E-state index is 12.5. The van der Waals surface area contributed by atoms with E-state index in [1.807, 2.05) is 30.3 Å². The quantitative estimate of drug-likeness (QED) is 0.831. The van der Waals surface area contributed by atoms with Crippen molar-refractivity contribution in [2.45, 2.75) is 0 Å². The summed E-state index contributed by atoms with van der Waals surface area (Å²) in [4.78, 5) is 22.1. The van der Waals surface area contributed by atoms with Crippen molar-refractivity contribution < 1.29 is 9.00 Å². The molecule has 27 heavy (non-hydrogen) atoms. The van der Waals surface area contributed by atoms with Gasteiger partial charge in [0.05, 0.1) is 32.8 Å². The number of carbonyl (C=O) groups excluding carboxylic acids is 1. The number of hydrogen-bond donors (Lipinski definition) is 1. The van der Waals surface area contributed by atoms with E-state index in [1.54, 1.807) is 12.1 Å². The van der Waals surface area contributed by atoms with Crippen LogP contribution in [0.25, 0.3) is 16.2 Å². The van der Waals surface area contributed by atoms with Gasteiger partial charge in [0.2, 0.25) is 0 Å². The molecule has 1 unspecified atom stereocenters. The molecule has 0 saturated heterocycles. The molecule has 2 aliphatic rings. The number of benzene rings is 1. The van der Waals surface area contributed by atoms with E-state index < -0.39 is 10.8 Å². The van der Waals surface area contributed by atoms with Gasteiger partial charge in [-0.3, -0.25) is 4.79 Å². The van der Waals surface area contributed by atoms with Gasteiger partial charge < -0.3 is 5.32 Å². The first kappa shape index (κ1) is 17.2. The van der Waals surface area contributed by atoms with Gasteiger partial charge in [-0.1, -0.05) is 42.1 Å². The first-order chi connectivity index (χ1) is 13.1. The first-order valence-corrected chi connectivity index (χ1v) is 9.75. The summed E-state index contributed by atoms with van der Waals surface area (Å²) in [6, 6.07) is 12.8. The summed E-state index contributed by atoms with van der Waals surface area (Å²) in [5.74, 6) is -0.280. The number of thioether (sulfide) groups is 1. The summed E-state index contributed by atoms with van der Waals surface area (Å²) in [5.41, 5.74) is 1.21. The van der Waals surface area contributed by atoms with Crippen LogP contribution in [0.1, 0.15) is 17.1 Å². The third-order valence-corrected chi connectivity index (χ3v) is 6.66. The third kappa shape index (κ3) is 2.93. The zero-order valence-corrected chi connectivity index (χ0v) is 15.2. The largest absolute Gasteiger partial charge is 0.347 e. The lowest BCUT2D eigenvalue weighted by atomic mass is 10.1. The van der Waals surface area contributed by atoms with Gasteiger partial charge in [0.1, 0.15) is 17.8 Å². The smallest absolute Gasteiger partial charge is 0.259 e. The highest BCUT2D eigenvalue weighted by molar-refractivity contribution is 8.15. The summed E-state index contributed by atoms with van der Waals surface area (Å²) in [7, 11) is -1.48. The standard InChI is InChI=1S/C18H9N5O2S2/c19-6-11-12(7-20)23-16(15(22-11)10-4-2-1-3-5-10)13-9-27(25)14-8-21-18(24)17(14)26-13/h1-5,9H,8H2,(H,21,24). The maximum atomic E-state index is 12.5. The van der Waals surface area contributed by atoms with Crippen molar-refractivity contribution >= 4 is 33.4 Å². The Kier molecular flexibility index (Phi) is 4.32. The lowest BCUT2D eigenvalue weighted by molar-refractivity contribution is -0.116. The van der Waals surface area contributed by atoms with Gasteiger partial charge in [0.25, 0.3) is 5.91 Å². The van der Waals surface area contributed by atoms with Gasteiger partial charge in [0.15, 0.2) is 11.4 Å². The SMILES string of the molecule is N#Cc1nc(C2=CS(=O)C3=C(S2)C(=O)NC3)c(-c2ccccc2)nc1C#N. The molecule has 0 spiro atoms. The Morgan fingerprint density at radius 1 is 1.07 bits per heavy atom. The van der Waals surface area contributed by atoms with Crippen LogP contribution in [0.15, 0.2) is 45.6 Å². The maximum Gasteiger partial charge on any atom is 0.259 e. The summed E-state index contributed by atoms with van der Waals surface area (Å²) in [5, 5.41) is 22.8. The van der Waals surface area contributed by atoms with Gasteiger partial charge in [-0.2, -0.15) is 10.5 Å². The number of hydrogen-bond acceptors (Lipinski definition) is 7. The van der Waals surface area contributed by atoms with Crippen molar-refractivity contribution in [1.82, 2.24) is 15.3 Å². The molecular formula is C18H9N5O2S2. The van der Waals surface area contributed by atoms with Crippen LogP contribution in [-0.2, 0) is 15.6 Å². The lowest BCUT2D eigenvalue weighted by Crippen LogP contribution is -2.16. The van der Waals surface area contributed by atoms with Crippen molar-refractivity contribution in [3.05, 3.63) is 62.6 Å². The minimum Gasteiger partial charge on any atom is -0.347 e. The van der Waals surface area contributed by atoms with Crippen LogP contribution in [0.3, 0.4) is 0 Å². The molecule has 0 saturated carbocycles. The molecule has 9 heteroatoms. The van der Waals surface area contributed by atoms with Crippen LogP contribution < -0.4 is 5.32 Å². The van der Waals surface area contributed by atoms with Gasteiger partial charge in [0, 0.05) is 15.9 Å². The van der Waals surface area contributed by atoms with E-state index >= 15 is 0 Å². The molecule has 2 aromatic rings. The fourth-order valence-electron chi connectivity index (χ4n) is 2.68. The number of amides is 1. The average molecular weight is 391 g/mol. The van der Waals surface area contributed by atoms with Crippen molar-refractivity contribution in [2.75, 3.05) is 6.54 Å². The molecular weight excluding hydrogens is 382 g/mol. The number of nitriles is 2. The fourth-order valence-corrected chi connectivity index (χ4v) is 5.25. The van der Waals surface area contributed by atoms with E-state index in [0.717, 1.165) is 11.8 Å².